The molecule has 1 aliphatic heterocycles. The summed E-state index contributed by atoms with van der Waals surface area (Å²) < 4.78 is 10.8. The molecule has 0 radical (unpaired) electrons. The molecule has 7 heteroatoms. The Morgan fingerprint density at radius 1 is 1.06 bits per heavy atom. The zero-order chi connectivity index (χ0) is 24.2. The lowest BCUT2D eigenvalue weighted by atomic mass is 9.92. The molecule has 0 saturated heterocycles. The van der Waals surface area contributed by atoms with Crippen molar-refractivity contribution in [3.8, 4) is 11.5 Å². The second-order valence-electron chi connectivity index (χ2n) is 9.46. The average molecular weight is 452 g/mol. The largest absolute Gasteiger partial charge is 0.497 e. The first-order valence-electron chi connectivity index (χ1n) is 11.0. The molecule has 0 aromatic heterocycles. The van der Waals surface area contributed by atoms with Gasteiger partial charge in [0.1, 0.15) is 18.0 Å². The van der Waals surface area contributed by atoms with E-state index in [1.807, 2.05) is 69.3 Å². The number of nitrogens with zero attached hydrogens (tertiary/aromatic N) is 3. The Morgan fingerprint density at radius 3 is 2.33 bits per heavy atom. The lowest BCUT2D eigenvalue weighted by Gasteiger charge is -2.27. The van der Waals surface area contributed by atoms with Gasteiger partial charge in [-0.1, -0.05) is 39.0 Å². The topological polar surface area (TPSA) is 71.4 Å². The summed E-state index contributed by atoms with van der Waals surface area (Å²) in [4.78, 5) is 27.4. The number of carbonyl (C=O) groups is 2. The van der Waals surface area contributed by atoms with Crippen LogP contribution in [0.1, 0.15) is 50.8 Å². The van der Waals surface area contributed by atoms with Crippen molar-refractivity contribution in [1.29, 1.82) is 0 Å². The summed E-state index contributed by atoms with van der Waals surface area (Å²) in [6, 6.07) is 14.9. The van der Waals surface area contributed by atoms with Crippen LogP contribution in [0.2, 0.25) is 0 Å². The van der Waals surface area contributed by atoms with Crippen LogP contribution in [0.4, 0.5) is 0 Å². The third-order valence-electron chi connectivity index (χ3n) is 5.57. The molecule has 1 atom stereocenters. The van der Waals surface area contributed by atoms with Gasteiger partial charge >= 0.3 is 0 Å². The van der Waals surface area contributed by atoms with Crippen LogP contribution in [0.15, 0.2) is 53.6 Å². The minimum atomic E-state index is -0.322. The third-order valence-corrected chi connectivity index (χ3v) is 5.57. The molecule has 2 aromatic rings. The summed E-state index contributed by atoms with van der Waals surface area (Å²) in [6.45, 7) is 5.97. The van der Waals surface area contributed by atoms with Crippen LogP contribution in [-0.4, -0.2) is 55.2 Å². The van der Waals surface area contributed by atoms with Crippen LogP contribution in [0, 0.1) is 5.41 Å². The number of hydrazone groups is 1. The molecule has 2 aromatic carbocycles. The summed E-state index contributed by atoms with van der Waals surface area (Å²) >= 11 is 0. The van der Waals surface area contributed by atoms with Crippen molar-refractivity contribution in [3.63, 3.8) is 0 Å². The molecule has 176 valence electrons. The number of hydrogen-bond acceptors (Lipinski definition) is 5. The molecule has 0 bridgehead atoms. The number of ether oxygens (including phenoxy) is 2. The predicted octanol–water partition coefficient (Wildman–Crippen LogP) is 4.28. The van der Waals surface area contributed by atoms with E-state index in [0.717, 1.165) is 22.6 Å². The third kappa shape index (κ3) is 5.92. The minimum Gasteiger partial charge on any atom is -0.497 e. The molecular formula is C26H33N3O4. The van der Waals surface area contributed by atoms with Crippen molar-refractivity contribution in [3.05, 3.63) is 59.7 Å². The minimum absolute atomic E-state index is 0.0417. The number of likely N-dealkylation sites (N-methyl/N-ethyl adjacent to an activating group) is 1. The molecule has 7 nitrogen and oxygen atoms in total. The van der Waals surface area contributed by atoms with Crippen molar-refractivity contribution < 1.29 is 19.1 Å². The Morgan fingerprint density at radius 2 is 1.73 bits per heavy atom. The van der Waals surface area contributed by atoms with E-state index >= 15 is 0 Å². The second-order valence-corrected chi connectivity index (χ2v) is 9.46. The van der Waals surface area contributed by atoms with Crippen LogP contribution in [0.5, 0.6) is 11.5 Å². The smallest absolute Gasteiger partial charge is 0.262 e. The van der Waals surface area contributed by atoms with E-state index in [1.54, 1.807) is 21.3 Å². The zero-order valence-corrected chi connectivity index (χ0v) is 20.3. The number of para-hydroxylation sites is 1. The molecule has 2 amide bonds. The molecule has 1 heterocycles. The highest BCUT2D eigenvalue weighted by atomic mass is 16.5. The highest BCUT2D eigenvalue weighted by Gasteiger charge is 2.35. The Hall–Kier alpha value is -3.35. The lowest BCUT2D eigenvalue weighted by molar-refractivity contribution is -0.141. The molecular weight excluding hydrogens is 418 g/mol. The lowest BCUT2D eigenvalue weighted by Crippen LogP contribution is -2.40. The maximum absolute atomic E-state index is 13.4. The van der Waals surface area contributed by atoms with Crippen molar-refractivity contribution in [2.45, 2.75) is 39.7 Å². The van der Waals surface area contributed by atoms with E-state index in [1.165, 1.54) is 9.91 Å². The molecule has 0 spiro atoms. The highest BCUT2D eigenvalue weighted by Crippen LogP contribution is 2.37. The van der Waals surface area contributed by atoms with Gasteiger partial charge in [-0.3, -0.25) is 9.59 Å². The first kappa shape index (κ1) is 24.3. The van der Waals surface area contributed by atoms with E-state index in [9.17, 15) is 9.59 Å². The Kier molecular flexibility index (Phi) is 7.41. The van der Waals surface area contributed by atoms with Crippen molar-refractivity contribution in [2.24, 2.45) is 10.5 Å². The van der Waals surface area contributed by atoms with Crippen LogP contribution in [0.3, 0.4) is 0 Å². The predicted molar refractivity (Wildman–Crippen MR) is 128 cm³/mol. The van der Waals surface area contributed by atoms with E-state index in [2.05, 4.69) is 0 Å². The number of amides is 2. The van der Waals surface area contributed by atoms with Gasteiger partial charge in [-0.25, -0.2) is 5.01 Å². The summed E-state index contributed by atoms with van der Waals surface area (Å²) in [7, 11) is 4.90. The van der Waals surface area contributed by atoms with Gasteiger partial charge in [0.25, 0.3) is 5.91 Å². The Bertz CT molecular complexity index is 1020. The van der Waals surface area contributed by atoms with E-state index in [0.29, 0.717) is 18.6 Å². The summed E-state index contributed by atoms with van der Waals surface area (Å²) in [5, 5.41) is 6.20. The van der Waals surface area contributed by atoms with Gasteiger partial charge < -0.3 is 14.4 Å². The first-order chi connectivity index (χ1) is 15.6. The Labute approximate surface area is 196 Å². The molecule has 33 heavy (non-hydrogen) atoms. The van der Waals surface area contributed by atoms with Crippen molar-refractivity contribution >= 4 is 17.5 Å². The zero-order valence-electron chi connectivity index (χ0n) is 20.3. The van der Waals surface area contributed by atoms with Crippen molar-refractivity contribution in [1.82, 2.24) is 9.91 Å². The number of rotatable bonds is 7. The standard InChI is InChI=1S/C26H33N3O4/c1-26(2,3)16-24(30)28(4)17-25(31)29-22(20-9-7-8-10-23(20)33-6)15-21(27-29)18-11-13-19(32-5)14-12-18/h7-14,22H,15-17H2,1-6H3. The van der Waals surface area contributed by atoms with Crippen LogP contribution >= 0.6 is 0 Å². The van der Waals surface area contributed by atoms with Crippen LogP contribution in [0.25, 0.3) is 0 Å². The van der Waals surface area contributed by atoms with E-state index in [-0.39, 0.29) is 29.8 Å². The fourth-order valence-electron chi connectivity index (χ4n) is 3.83. The maximum atomic E-state index is 13.4. The molecule has 0 fully saturated rings. The number of methoxy groups -OCH3 is 2. The molecule has 3 rings (SSSR count). The van der Waals surface area contributed by atoms with Gasteiger partial charge in [0.2, 0.25) is 5.91 Å². The van der Waals surface area contributed by atoms with Gasteiger partial charge in [0.15, 0.2) is 0 Å². The van der Waals surface area contributed by atoms with Gasteiger partial charge in [0.05, 0.1) is 26.0 Å². The molecule has 0 saturated carbocycles. The number of carbonyl (C=O) groups excluding carboxylic acids is 2. The molecule has 1 unspecified atom stereocenters. The van der Waals surface area contributed by atoms with Gasteiger partial charge in [-0.15, -0.1) is 0 Å². The highest BCUT2D eigenvalue weighted by molar-refractivity contribution is 6.03. The summed E-state index contributed by atoms with van der Waals surface area (Å²) in [5.41, 5.74) is 2.44. The normalized spacial score (nSPS) is 15.8. The summed E-state index contributed by atoms with van der Waals surface area (Å²) in [6.07, 6.45) is 0.908. The van der Waals surface area contributed by atoms with Gasteiger partial charge in [-0.05, 0) is 41.3 Å². The quantitative estimate of drug-likeness (QED) is 0.630. The molecule has 1 aliphatic rings. The SMILES string of the molecule is COc1ccc(C2=NN(C(=O)CN(C)C(=O)CC(C)(C)C)C(c3ccccc3OC)C2)cc1. The van der Waals surface area contributed by atoms with Gasteiger partial charge in [0, 0.05) is 25.5 Å². The van der Waals surface area contributed by atoms with Crippen LogP contribution in [-0.2, 0) is 9.59 Å². The van der Waals surface area contributed by atoms with Crippen LogP contribution < -0.4 is 9.47 Å². The van der Waals surface area contributed by atoms with E-state index in [4.69, 9.17) is 14.6 Å². The second kappa shape index (κ2) is 10.1. The van der Waals surface area contributed by atoms with E-state index < -0.39 is 0 Å². The molecule has 0 aliphatic carbocycles. The number of hydrogen-bond donors (Lipinski definition) is 0. The monoisotopic (exact) mass is 451 g/mol. The average Bonchev–Trinajstić information content (AvgIpc) is 3.23. The maximum Gasteiger partial charge on any atom is 0.262 e. The molecule has 0 N–H and O–H groups in total. The fourth-order valence-corrected chi connectivity index (χ4v) is 3.83. The van der Waals surface area contributed by atoms with Crippen molar-refractivity contribution in [2.75, 3.05) is 27.8 Å². The Balaban J connectivity index is 1.89. The fraction of sp³-hybridized carbons (Fsp3) is 0.423. The number of benzene rings is 2. The van der Waals surface area contributed by atoms with Gasteiger partial charge in [-0.2, -0.15) is 5.10 Å². The summed E-state index contributed by atoms with van der Waals surface area (Å²) in [5.74, 6) is 1.15. The first-order valence-corrected chi connectivity index (χ1v) is 11.0.